The van der Waals surface area contributed by atoms with Crippen LogP contribution in [0.1, 0.15) is 10.4 Å². The summed E-state index contributed by atoms with van der Waals surface area (Å²) >= 11 is 0. The Morgan fingerprint density at radius 2 is 2.04 bits per heavy atom. The maximum Gasteiger partial charge on any atom is 0.259 e. The van der Waals surface area contributed by atoms with Gasteiger partial charge in [-0.05, 0) is 13.1 Å². The van der Waals surface area contributed by atoms with Gasteiger partial charge in [0.25, 0.3) is 5.91 Å². The van der Waals surface area contributed by atoms with E-state index in [1.807, 2.05) is 4.90 Å². The number of carbonyl (C=O) groups is 1. The van der Waals surface area contributed by atoms with Gasteiger partial charge < -0.3 is 19.1 Å². The Kier molecular flexibility index (Phi) is 4.68. The highest BCUT2D eigenvalue weighted by atomic mass is 16.5. The van der Waals surface area contributed by atoms with Gasteiger partial charge in [-0.3, -0.25) is 9.69 Å². The number of amides is 1. The molecular formula is C16H23N3O4. The van der Waals surface area contributed by atoms with Crippen molar-refractivity contribution in [2.24, 2.45) is 5.92 Å². The molecular weight excluding hydrogens is 298 g/mol. The molecule has 0 aromatic carbocycles. The van der Waals surface area contributed by atoms with Crippen molar-refractivity contribution in [3.8, 4) is 11.8 Å². The van der Waals surface area contributed by atoms with Crippen LogP contribution in [0.4, 0.5) is 0 Å². The van der Waals surface area contributed by atoms with Gasteiger partial charge in [0.15, 0.2) is 0 Å². The van der Waals surface area contributed by atoms with Crippen LogP contribution in [0.15, 0.2) is 12.1 Å². The number of hydrogen-bond donors (Lipinski definition) is 0. The number of carbonyl (C=O) groups excluding carboxylic acids is 1. The summed E-state index contributed by atoms with van der Waals surface area (Å²) in [5.41, 5.74) is 0.469. The lowest BCUT2D eigenvalue weighted by Gasteiger charge is -2.30. The highest BCUT2D eigenvalue weighted by molar-refractivity contribution is 5.96. The standard InChI is InChI=1S/C16H23N3O4/c1-18-6-11-7-19(8-12(18)10-23-9-11)16(20)13-4-5-14(21-2)17-15(13)22-3/h4-5,11-12H,6-10H2,1-3H3/t11-,12+/m1/s1. The predicted octanol–water partition coefficient (Wildman–Crippen LogP) is 0.501. The Balaban J connectivity index is 1.85. The van der Waals surface area contributed by atoms with Crippen LogP contribution in [0, 0.1) is 5.92 Å². The second-order valence-electron chi connectivity index (χ2n) is 6.12. The van der Waals surface area contributed by atoms with E-state index in [1.54, 1.807) is 12.1 Å². The molecule has 2 saturated heterocycles. The van der Waals surface area contributed by atoms with Gasteiger partial charge in [0, 0.05) is 31.6 Å². The number of nitrogens with zero attached hydrogens (tertiary/aromatic N) is 3. The maximum atomic E-state index is 13.0. The molecule has 0 saturated carbocycles. The van der Waals surface area contributed by atoms with Gasteiger partial charge in [0.2, 0.25) is 11.8 Å². The van der Waals surface area contributed by atoms with Crippen molar-refractivity contribution in [3.05, 3.63) is 17.7 Å². The normalized spacial score (nSPS) is 24.9. The van der Waals surface area contributed by atoms with Crippen LogP contribution in [-0.2, 0) is 4.74 Å². The third-order valence-electron chi connectivity index (χ3n) is 4.50. The van der Waals surface area contributed by atoms with Crippen LogP contribution >= 0.6 is 0 Å². The van der Waals surface area contributed by atoms with E-state index < -0.39 is 0 Å². The van der Waals surface area contributed by atoms with Crippen molar-refractivity contribution in [2.45, 2.75) is 6.04 Å². The molecule has 23 heavy (non-hydrogen) atoms. The van der Waals surface area contributed by atoms with Crippen molar-refractivity contribution in [1.82, 2.24) is 14.8 Å². The van der Waals surface area contributed by atoms with Crippen molar-refractivity contribution in [2.75, 3.05) is 54.1 Å². The average molecular weight is 321 g/mol. The first-order valence-corrected chi connectivity index (χ1v) is 7.78. The number of aromatic nitrogens is 1. The summed E-state index contributed by atoms with van der Waals surface area (Å²) in [6, 6.07) is 3.63. The van der Waals surface area contributed by atoms with Gasteiger partial charge in [-0.15, -0.1) is 0 Å². The monoisotopic (exact) mass is 321 g/mol. The van der Waals surface area contributed by atoms with Crippen molar-refractivity contribution >= 4 is 5.91 Å². The molecule has 2 bridgehead atoms. The summed E-state index contributed by atoms with van der Waals surface area (Å²) in [6.45, 7) is 3.65. The number of likely N-dealkylation sites (N-methyl/N-ethyl adjacent to an activating group) is 1. The van der Waals surface area contributed by atoms with E-state index in [2.05, 4.69) is 16.9 Å². The molecule has 1 aromatic rings. The minimum absolute atomic E-state index is 0.0517. The molecule has 2 aliphatic rings. The Bertz CT molecular complexity index is 580. The van der Waals surface area contributed by atoms with Crippen LogP contribution in [0.5, 0.6) is 11.8 Å². The summed E-state index contributed by atoms with van der Waals surface area (Å²) < 4.78 is 16.1. The minimum atomic E-state index is -0.0517. The number of rotatable bonds is 3. The third kappa shape index (κ3) is 3.25. The second kappa shape index (κ2) is 6.72. The molecule has 1 aromatic heterocycles. The van der Waals surface area contributed by atoms with Crippen LogP contribution in [0.2, 0.25) is 0 Å². The van der Waals surface area contributed by atoms with E-state index in [9.17, 15) is 4.79 Å². The molecule has 2 fully saturated rings. The molecule has 0 radical (unpaired) electrons. The first-order chi connectivity index (χ1) is 11.1. The lowest BCUT2D eigenvalue weighted by Crippen LogP contribution is -2.44. The third-order valence-corrected chi connectivity index (χ3v) is 4.50. The Labute approximate surface area is 136 Å². The topological polar surface area (TPSA) is 64.1 Å². The first kappa shape index (κ1) is 16.0. The molecule has 2 aliphatic heterocycles. The summed E-state index contributed by atoms with van der Waals surface area (Å²) in [7, 11) is 5.14. The Hall–Kier alpha value is -1.86. The van der Waals surface area contributed by atoms with E-state index in [1.165, 1.54) is 14.2 Å². The van der Waals surface area contributed by atoms with E-state index in [0.29, 0.717) is 49.5 Å². The molecule has 0 spiro atoms. The zero-order valence-corrected chi connectivity index (χ0v) is 13.8. The Morgan fingerprint density at radius 1 is 1.22 bits per heavy atom. The maximum absolute atomic E-state index is 13.0. The molecule has 7 heteroatoms. The molecule has 3 heterocycles. The van der Waals surface area contributed by atoms with E-state index in [-0.39, 0.29) is 11.9 Å². The lowest BCUT2D eigenvalue weighted by atomic mass is 10.1. The average Bonchev–Trinajstić information content (AvgIpc) is 2.82. The molecule has 7 nitrogen and oxygen atoms in total. The van der Waals surface area contributed by atoms with E-state index in [4.69, 9.17) is 14.2 Å². The number of hydrogen-bond acceptors (Lipinski definition) is 6. The summed E-state index contributed by atoms with van der Waals surface area (Å²) in [6.07, 6.45) is 0. The smallest absolute Gasteiger partial charge is 0.259 e. The van der Waals surface area contributed by atoms with Gasteiger partial charge in [-0.25, -0.2) is 0 Å². The van der Waals surface area contributed by atoms with Crippen LogP contribution in [0.3, 0.4) is 0 Å². The van der Waals surface area contributed by atoms with Crippen molar-refractivity contribution in [1.29, 1.82) is 0 Å². The fraction of sp³-hybridized carbons (Fsp3) is 0.625. The minimum Gasteiger partial charge on any atom is -0.481 e. The SMILES string of the molecule is COc1ccc(C(=O)N2C[C@@H]3COC[C@H](C2)N(C)C3)c(OC)n1. The molecule has 1 amide bonds. The van der Waals surface area contributed by atoms with Gasteiger partial charge >= 0.3 is 0 Å². The number of methoxy groups -OCH3 is 2. The molecule has 0 unspecified atom stereocenters. The zero-order chi connectivity index (χ0) is 16.4. The quantitative estimate of drug-likeness (QED) is 0.808. The van der Waals surface area contributed by atoms with E-state index >= 15 is 0 Å². The van der Waals surface area contributed by atoms with Gasteiger partial charge in [-0.1, -0.05) is 0 Å². The lowest BCUT2D eigenvalue weighted by molar-refractivity contribution is 0.0431. The largest absolute Gasteiger partial charge is 0.481 e. The summed E-state index contributed by atoms with van der Waals surface area (Å²) in [4.78, 5) is 21.4. The molecule has 3 rings (SSSR count). The van der Waals surface area contributed by atoms with E-state index in [0.717, 1.165) is 6.54 Å². The number of fused-ring (bicyclic) bond motifs is 3. The second-order valence-corrected chi connectivity index (χ2v) is 6.12. The zero-order valence-electron chi connectivity index (χ0n) is 13.8. The van der Waals surface area contributed by atoms with Crippen molar-refractivity contribution < 1.29 is 19.0 Å². The van der Waals surface area contributed by atoms with Crippen LogP contribution in [0.25, 0.3) is 0 Å². The summed E-state index contributed by atoms with van der Waals surface area (Å²) in [5.74, 6) is 1.01. The van der Waals surface area contributed by atoms with Crippen LogP contribution in [-0.4, -0.2) is 80.8 Å². The molecule has 126 valence electrons. The van der Waals surface area contributed by atoms with Gasteiger partial charge in [0.1, 0.15) is 5.56 Å². The fourth-order valence-electron chi connectivity index (χ4n) is 3.24. The molecule has 2 atom stereocenters. The number of pyridine rings is 1. The van der Waals surface area contributed by atoms with Crippen molar-refractivity contribution in [3.63, 3.8) is 0 Å². The molecule has 0 aliphatic carbocycles. The Morgan fingerprint density at radius 3 is 2.78 bits per heavy atom. The predicted molar refractivity (Wildman–Crippen MR) is 84.0 cm³/mol. The first-order valence-electron chi connectivity index (χ1n) is 7.78. The molecule has 0 N–H and O–H groups in total. The van der Waals surface area contributed by atoms with Gasteiger partial charge in [0.05, 0.1) is 33.5 Å². The van der Waals surface area contributed by atoms with Gasteiger partial charge in [-0.2, -0.15) is 4.98 Å². The summed E-state index contributed by atoms with van der Waals surface area (Å²) in [5, 5.41) is 0. The highest BCUT2D eigenvalue weighted by Gasteiger charge is 2.34. The highest BCUT2D eigenvalue weighted by Crippen LogP contribution is 2.24. The fourth-order valence-corrected chi connectivity index (χ4v) is 3.24. The van der Waals surface area contributed by atoms with Crippen LogP contribution < -0.4 is 9.47 Å². The number of ether oxygens (including phenoxy) is 3.